The van der Waals surface area contributed by atoms with Gasteiger partial charge in [0.2, 0.25) is 0 Å². The minimum absolute atomic E-state index is 0.180. The third-order valence-corrected chi connectivity index (χ3v) is 2.94. The Morgan fingerprint density at radius 1 is 1.24 bits per heavy atom. The van der Waals surface area contributed by atoms with Crippen LogP contribution in [0.25, 0.3) is 0 Å². The summed E-state index contributed by atoms with van der Waals surface area (Å²) < 4.78 is 19.1. The highest BCUT2D eigenvalue weighted by molar-refractivity contribution is 6.04. The molecule has 0 radical (unpaired) electrons. The van der Waals surface area contributed by atoms with E-state index in [2.05, 4.69) is 5.32 Å². The Balaban J connectivity index is 2.14. The van der Waals surface area contributed by atoms with Crippen LogP contribution >= 0.6 is 0 Å². The maximum atomic E-state index is 13.7. The van der Waals surface area contributed by atoms with Crippen LogP contribution < -0.4 is 10.1 Å². The number of rotatable bonds is 5. The SMILES string of the molecule is CCCOc1cccc(C(=O)Nc2cc(C)ccc2F)c1. The fourth-order valence-corrected chi connectivity index (χ4v) is 1.88. The second-order valence-electron chi connectivity index (χ2n) is 4.81. The minimum atomic E-state index is -0.452. The van der Waals surface area contributed by atoms with Gasteiger partial charge >= 0.3 is 0 Å². The van der Waals surface area contributed by atoms with Gasteiger partial charge in [0, 0.05) is 5.56 Å². The van der Waals surface area contributed by atoms with Crippen LogP contribution in [0.15, 0.2) is 42.5 Å². The first-order valence-electron chi connectivity index (χ1n) is 6.90. The number of ether oxygens (including phenoxy) is 1. The summed E-state index contributed by atoms with van der Waals surface area (Å²) in [5, 5.41) is 2.58. The number of hydrogen-bond acceptors (Lipinski definition) is 2. The summed E-state index contributed by atoms with van der Waals surface area (Å²) in [6, 6.07) is 11.5. The lowest BCUT2D eigenvalue weighted by molar-refractivity contribution is 0.102. The van der Waals surface area contributed by atoms with Crippen LogP contribution in [-0.2, 0) is 0 Å². The predicted octanol–water partition coefficient (Wildman–Crippen LogP) is 4.18. The third kappa shape index (κ3) is 4.05. The van der Waals surface area contributed by atoms with E-state index in [1.54, 1.807) is 36.4 Å². The highest BCUT2D eigenvalue weighted by Crippen LogP contribution is 2.18. The Bertz CT molecular complexity index is 640. The average molecular weight is 287 g/mol. The molecule has 0 aliphatic heterocycles. The Kier molecular flexibility index (Phi) is 4.93. The van der Waals surface area contributed by atoms with Crippen LogP contribution in [-0.4, -0.2) is 12.5 Å². The van der Waals surface area contributed by atoms with Crippen molar-refractivity contribution in [3.63, 3.8) is 0 Å². The predicted molar refractivity (Wildman–Crippen MR) is 81.3 cm³/mol. The van der Waals surface area contributed by atoms with E-state index in [1.165, 1.54) is 6.07 Å². The number of benzene rings is 2. The zero-order valence-electron chi connectivity index (χ0n) is 12.2. The van der Waals surface area contributed by atoms with Gasteiger partial charge in [-0.05, 0) is 49.2 Å². The molecular formula is C17H18FNO2. The van der Waals surface area contributed by atoms with E-state index in [0.29, 0.717) is 17.9 Å². The van der Waals surface area contributed by atoms with E-state index in [4.69, 9.17) is 4.74 Å². The molecule has 1 N–H and O–H groups in total. The maximum absolute atomic E-state index is 13.7. The Morgan fingerprint density at radius 3 is 2.81 bits per heavy atom. The first-order chi connectivity index (χ1) is 10.1. The van der Waals surface area contributed by atoms with Gasteiger partial charge in [0.15, 0.2) is 0 Å². The molecule has 0 aliphatic carbocycles. The van der Waals surface area contributed by atoms with Crippen LogP contribution in [0.5, 0.6) is 5.75 Å². The average Bonchev–Trinajstić information content (AvgIpc) is 2.49. The number of aryl methyl sites for hydroxylation is 1. The van der Waals surface area contributed by atoms with E-state index in [0.717, 1.165) is 12.0 Å². The van der Waals surface area contributed by atoms with Crippen LogP contribution in [0.1, 0.15) is 29.3 Å². The summed E-state index contributed by atoms with van der Waals surface area (Å²) in [7, 11) is 0. The van der Waals surface area contributed by atoms with Crippen LogP contribution in [0, 0.1) is 12.7 Å². The molecule has 21 heavy (non-hydrogen) atoms. The number of hydrogen-bond donors (Lipinski definition) is 1. The Morgan fingerprint density at radius 2 is 2.05 bits per heavy atom. The first-order valence-corrected chi connectivity index (χ1v) is 6.90. The van der Waals surface area contributed by atoms with Gasteiger partial charge in [0.25, 0.3) is 5.91 Å². The van der Waals surface area contributed by atoms with Crippen molar-refractivity contribution in [2.45, 2.75) is 20.3 Å². The largest absolute Gasteiger partial charge is 0.494 e. The van der Waals surface area contributed by atoms with Gasteiger partial charge in [-0.1, -0.05) is 19.1 Å². The molecule has 3 nitrogen and oxygen atoms in total. The monoisotopic (exact) mass is 287 g/mol. The van der Waals surface area contributed by atoms with Crippen molar-refractivity contribution in [2.75, 3.05) is 11.9 Å². The highest BCUT2D eigenvalue weighted by Gasteiger charge is 2.10. The molecule has 0 unspecified atom stereocenters. The second-order valence-corrected chi connectivity index (χ2v) is 4.81. The van der Waals surface area contributed by atoms with Gasteiger partial charge < -0.3 is 10.1 Å². The molecule has 0 fully saturated rings. The minimum Gasteiger partial charge on any atom is -0.494 e. The summed E-state index contributed by atoms with van der Waals surface area (Å²) in [6.07, 6.45) is 0.894. The third-order valence-electron chi connectivity index (χ3n) is 2.94. The normalized spacial score (nSPS) is 10.2. The van der Waals surface area contributed by atoms with E-state index in [9.17, 15) is 9.18 Å². The van der Waals surface area contributed by atoms with Crippen molar-refractivity contribution in [3.8, 4) is 5.75 Å². The molecule has 1 amide bonds. The fraction of sp³-hybridized carbons (Fsp3) is 0.235. The molecule has 0 saturated carbocycles. The van der Waals surface area contributed by atoms with E-state index < -0.39 is 5.82 Å². The number of carbonyl (C=O) groups is 1. The van der Waals surface area contributed by atoms with E-state index >= 15 is 0 Å². The summed E-state index contributed by atoms with van der Waals surface area (Å²) in [4.78, 5) is 12.2. The Hall–Kier alpha value is -2.36. The zero-order chi connectivity index (χ0) is 15.2. The number of anilines is 1. The van der Waals surface area contributed by atoms with Crippen molar-refractivity contribution < 1.29 is 13.9 Å². The fourth-order valence-electron chi connectivity index (χ4n) is 1.88. The first kappa shape index (κ1) is 15.0. The molecule has 0 atom stereocenters. The zero-order valence-corrected chi connectivity index (χ0v) is 12.2. The molecule has 2 aromatic rings. The lowest BCUT2D eigenvalue weighted by Crippen LogP contribution is -2.13. The van der Waals surface area contributed by atoms with Gasteiger partial charge in [-0.25, -0.2) is 4.39 Å². The second kappa shape index (κ2) is 6.88. The van der Waals surface area contributed by atoms with Crippen molar-refractivity contribution in [3.05, 3.63) is 59.4 Å². The number of carbonyl (C=O) groups excluding carboxylic acids is 1. The van der Waals surface area contributed by atoms with Crippen molar-refractivity contribution in [1.82, 2.24) is 0 Å². The van der Waals surface area contributed by atoms with Crippen molar-refractivity contribution >= 4 is 11.6 Å². The molecule has 0 saturated heterocycles. The van der Waals surface area contributed by atoms with Crippen LogP contribution in [0.3, 0.4) is 0 Å². The van der Waals surface area contributed by atoms with Crippen molar-refractivity contribution in [2.24, 2.45) is 0 Å². The molecule has 4 heteroatoms. The summed E-state index contributed by atoms with van der Waals surface area (Å²) in [5.74, 6) is -0.178. The molecule has 110 valence electrons. The number of nitrogens with one attached hydrogen (secondary N) is 1. The summed E-state index contributed by atoms with van der Waals surface area (Å²) in [6.45, 7) is 4.45. The number of halogens is 1. The molecule has 0 aromatic heterocycles. The van der Waals surface area contributed by atoms with Gasteiger partial charge in [-0.15, -0.1) is 0 Å². The number of amides is 1. The smallest absolute Gasteiger partial charge is 0.255 e. The molecule has 0 spiro atoms. The highest BCUT2D eigenvalue weighted by atomic mass is 19.1. The lowest BCUT2D eigenvalue weighted by atomic mass is 10.1. The summed E-state index contributed by atoms with van der Waals surface area (Å²) in [5.41, 5.74) is 1.50. The van der Waals surface area contributed by atoms with E-state index in [1.807, 2.05) is 13.8 Å². The van der Waals surface area contributed by atoms with Gasteiger partial charge in [0.05, 0.1) is 12.3 Å². The van der Waals surface area contributed by atoms with E-state index in [-0.39, 0.29) is 11.6 Å². The standard InChI is InChI=1S/C17H18FNO2/c1-3-9-21-14-6-4-5-13(11-14)17(20)19-16-10-12(2)7-8-15(16)18/h4-8,10-11H,3,9H2,1-2H3,(H,19,20). The van der Waals surface area contributed by atoms with Crippen LogP contribution in [0.4, 0.5) is 10.1 Å². The topological polar surface area (TPSA) is 38.3 Å². The van der Waals surface area contributed by atoms with Gasteiger partial charge in [0.1, 0.15) is 11.6 Å². The Labute approximate surface area is 123 Å². The summed E-state index contributed by atoms with van der Waals surface area (Å²) >= 11 is 0. The van der Waals surface area contributed by atoms with Crippen molar-refractivity contribution in [1.29, 1.82) is 0 Å². The molecule has 2 rings (SSSR count). The maximum Gasteiger partial charge on any atom is 0.255 e. The van der Waals surface area contributed by atoms with Gasteiger partial charge in [-0.2, -0.15) is 0 Å². The lowest BCUT2D eigenvalue weighted by Gasteiger charge is -2.09. The molecular weight excluding hydrogens is 269 g/mol. The quantitative estimate of drug-likeness (QED) is 0.896. The molecule has 2 aromatic carbocycles. The van der Waals surface area contributed by atoms with Gasteiger partial charge in [-0.3, -0.25) is 4.79 Å². The molecule has 0 bridgehead atoms. The van der Waals surface area contributed by atoms with Crippen LogP contribution in [0.2, 0.25) is 0 Å². The molecule has 0 heterocycles. The molecule has 0 aliphatic rings.